The highest BCUT2D eigenvalue weighted by molar-refractivity contribution is 5.99. The van der Waals surface area contributed by atoms with Crippen molar-refractivity contribution in [3.63, 3.8) is 0 Å². The third kappa shape index (κ3) is 5.46. The average Bonchev–Trinajstić information content (AvgIpc) is 2.69. The molecule has 6 nitrogen and oxygen atoms in total. The van der Waals surface area contributed by atoms with Crippen LogP contribution in [-0.4, -0.2) is 26.2 Å². The molecule has 0 radical (unpaired) electrons. The molecule has 0 spiro atoms. The molecule has 2 aromatic carbocycles. The van der Waals surface area contributed by atoms with Gasteiger partial charge in [0.05, 0.1) is 31.5 Å². The van der Waals surface area contributed by atoms with Gasteiger partial charge in [0.15, 0.2) is 23.1 Å². The maximum Gasteiger partial charge on any atom is 0.416 e. The molecular formula is C19H14F5NO5. The fraction of sp³-hybridized carbons (Fsp3) is 0.158. The summed E-state index contributed by atoms with van der Waals surface area (Å²) >= 11 is 0. The SMILES string of the molecule is COC(=O)/C=C(/Nc1ccccc1Oc1c(F)cc(C(F)(F)F)cc1F)C(=O)OC. The highest BCUT2D eigenvalue weighted by atomic mass is 19.4. The van der Waals surface area contributed by atoms with E-state index in [0.29, 0.717) is 0 Å². The normalized spacial score (nSPS) is 11.6. The van der Waals surface area contributed by atoms with Crippen molar-refractivity contribution in [3.8, 4) is 11.5 Å². The largest absolute Gasteiger partial charge is 0.466 e. The van der Waals surface area contributed by atoms with Gasteiger partial charge in [0.25, 0.3) is 0 Å². The molecule has 0 saturated heterocycles. The lowest BCUT2D eigenvalue weighted by molar-refractivity contribution is -0.138. The van der Waals surface area contributed by atoms with Crippen molar-refractivity contribution in [3.05, 3.63) is 65.4 Å². The Bertz CT molecular complexity index is 965. The summed E-state index contributed by atoms with van der Waals surface area (Å²) in [5.74, 6) is -6.39. The molecule has 160 valence electrons. The predicted molar refractivity (Wildman–Crippen MR) is 93.6 cm³/mol. The van der Waals surface area contributed by atoms with Crippen molar-refractivity contribution in [2.24, 2.45) is 0 Å². The van der Waals surface area contributed by atoms with E-state index >= 15 is 0 Å². The minimum Gasteiger partial charge on any atom is -0.466 e. The van der Waals surface area contributed by atoms with Crippen LogP contribution in [0.3, 0.4) is 0 Å². The van der Waals surface area contributed by atoms with Gasteiger partial charge in [-0.2, -0.15) is 13.2 Å². The molecule has 11 heteroatoms. The standard InChI is InChI=1S/C19H14F5NO5/c1-28-16(26)9-14(18(27)29-2)25-13-5-3-4-6-15(13)30-17-11(20)7-10(8-12(17)21)19(22,23)24/h3-9,25H,1-2H3/b14-9+. The van der Waals surface area contributed by atoms with Crippen molar-refractivity contribution in [2.45, 2.75) is 6.18 Å². The molecule has 2 aromatic rings. The fourth-order valence-electron chi connectivity index (χ4n) is 2.17. The molecule has 0 fully saturated rings. The summed E-state index contributed by atoms with van der Waals surface area (Å²) in [6, 6.07) is 5.59. The molecular weight excluding hydrogens is 417 g/mol. The fourth-order valence-corrected chi connectivity index (χ4v) is 2.17. The third-order valence-electron chi connectivity index (χ3n) is 3.56. The highest BCUT2D eigenvalue weighted by Gasteiger charge is 2.33. The topological polar surface area (TPSA) is 73.9 Å². The van der Waals surface area contributed by atoms with E-state index in [1.54, 1.807) is 0 Å². The van der Waals surface area contributed by atoms with Crippen LogP contribution >= 0.6 is 0 Å². The zero-order valence-electron chi connectivity index (χ0n) is 15.5. The number of benzene rings is 2. The molecule has 0 aromatic heterocycles. The number of hydrogen-bond acceptors (Lipinski definition) is 6. The van der Waals surface area contributed by atoms with Crippen LogP contribution in [0.15, 0.2) is 48.2 Å². The van der Waals surface area contributed by atoms with Crippen LogP contribution in [-0.2, 0) is 25.2 Å². The number of halogens is 5. The Balaban J connectivity index is 2.42. The summed E-state index contributed by atoms with van der Waals surface area (Å²) in [6.07, 6.45) is -4.18. The number of anilines is 1. The van der Waals surface area contributed by atoms with Crippen LogP contribution in [0.1, 0.15) is 5.56 Å². The molecule has 0 unspecified atom stereocenters. The number of nitrogens with one attached hydrogen (secondary N) is 1. The second-order valence-electron chi connectivity index (χ2n) is 5.56. The van der Waals surface area contributed by atoms with E-state index in [2.05, 4.69) is 14.8 Å². The number of hydrogen-bond donors (Lipinski definition) is 1. The number of rotatable bonds is 6. The average molecular weight is 431 g/mol. The van der Waals surface area contributed by atoms with Crippen molar-refractivity contribution in [1.82, 2.24) is 0 Å². The minimum atomic E-state index is -4.95. The van der Waals surface area contributed by atoms with Crippen LogP contribution in [0.2, 0.25) is 0 Å². The predicted octanol–water partition coefficient (Wildman–Crippen LogP) is 4.42. The lowest BCUT2D eigenvalue weighted by atomic mass is 10.2. The Morgan fingerprint density at radius 2 is 1.60 bits per heavy atom. The van der Waals surface area contributed by atoms with E-state index in [0.717, 1.165) is 20.3 Å². The summed E-state index contributed by atoms with van der Waals surface area (Å²) in [5, 5.41) is 2.49. The molecule has 0 aliphatic rings. The number of esters is 2. The van der Waals surface area contributed by atoms with E-state index < -0.39 is 46.8 Å². The number of alkyl halides is 3. The molecule has 0 aliphatic heterocycles. The van der Waals surface area contributed by atoms with Crippen LogP contribution in [0.4, 0.5) is 27.6 Å². The highest BCUT2D eigenvalue weighted by Crippen LogP contribution is 2.37. The van der Waals surface area contributed by atoms with Crippen LogP contribution in [0, 0.1) is 11.6 Å². The van der Waals surface area contributed by atoms with Gasteiger partial charge in [0, 0.05) is 0 Å². The zero-order valence-corrected chi connectivity index (χ0v) is 15.5. The molecule has 0 heterocycles. The smallest absolute Gasteiger partial charge is 0.416 e. The molecule has 0 bridgehead atoms. The van der Waals surface area contributed by atoms with E-state index in [-0.39, 0.29) is 23.6 Å². The molecule has 0 saturated carbocycles. The summed E-state index contributed by atoms with van der Waals surface area (Å²) in [6.45, 7) is 0. The number of para-hydroxylation sites is 2. The van der Waals surface area contributed by atoms with Gasteiger partial charge in [-0.25, -0.2) is 18.4 Å². The minimum absolute atomic E-state index is 0.0447. The van der Waals surface area contributed by atoms with E-state index in [4.69, 9.17) is 4.74 Å². The number of carbonyl (C=O) groups is 2. The Kier molecular flexibility index (Phi) is 6.98. The molecule has 1 N–H and O–H groups in total. The summed E-state index contributed by atoms with van der Waals surface area (Å²) in [7, 11) is 2.12. The zero-order chi connectivity index (χ0) is 22.5. The van der Waals surface area contributed by atoms with Crippen LogP contribution in [0.5, 0.6) is 11.5 Å². The first kappa shape index (κ1) is 22.7. The van der Waals surface area contributed by atoms with E-state index in [1.165, 1.54) is 24.3 Å². The number of carbonyl (C=O) groups excluding carboxylic acids is 2. The molecule has 0 atom stereocenters. The van der Waals surface area contributed by atoms with Crippen molar-refractivity contribution in [2.75, 3.05) is 19.5 Å². The van der Waals surface area contributed by atoms with Gasteiger partial charge in [0.1, 0.15) is 5.70 Å². The Hall–Kier alpha value is -3.63. The third-order valence-corrected chi connectivity index (χ3v) is 3.56. The molecule has 2 rings (SSSR count). The van der Waals surface area contributed by atoms with Gasteiger partial charge in [-0.05, 0) is 24.3 Å². The maximum absolute atomic E-state index is 14.1. The first-order chi connectivity index (χ1) is 14.1. The quantitative estimate of drug-likeness (QED) is 0.415. The molecule has 0 aliphatic carbocycles. The Morgan fingerprint density at radius 3 is 2.13 bits per heavy atom. The van der Waals surface area contributed by atoms with Crippen molar-refractivity contribution in [1.29, 1.82) is 0 Å². The van der Waals surface area contributed by atoms with E-state index in [9.17, 15) is 31.5 Å². The van der Waals surface area contributed by atoms with Gasteiger partial charge in [-0.15, -0.1) is 0 Å². The number of ether oxygens (including phenoxy) is 3. The van der Waals surface area contributed by atoms with Gasteiger partial charge in [-0.1, -0.05) is 12.1 Å². The molecule has 30 heavy (non-hydrogen) atoms. The Morgan fingerprint density at radius 1 is 1.00 bits per heavy atom. The Labute approximate surface area is 166 Å². The summed E-state index contributed by atoms with van der Waals surface area (Å²) in [5.41, 5.74) is -1.96. The number of methoxy groups -OCH3 is 2. The monoisotopic (exact) mass is 431 g/mol. The maximum atomic E-state index is 14.1. The van der Waals surface area contributed by atoms with Gasteiger partial charge < -0.3 is 19.5 Å². The summed E-state index contributed by atoms with van der Waals surface area (Å²) in [4.78, 5) is 23.3. The summed E-state index contributed by atoms with van der Waals surface area (Å²) < 4.78 is 80.3. The van der Waals surface area contributed by atoms with Crippen LogP contribution in [0.25, 0.3) is 0 Å². The van der Waals surface area contributed by atoms with E-state index in [1.807, 2.05) is 0 Å². The second kappa shape index (κ2) is 9.25. The van der Waals surface area contributed by atoms with Crippen molar-refractivity contribution >= 4 is 17.6 Å². The first-order valence-corrected chi connectivity index (χ1v) is 8.05. The lowest BCUT2D eigenvalue weighted by Crippen LogP contribution is -2.16. The van der Waals surface area contributed by atoms with Gasteiger partial charge >= 0.3 is 18.1 Å². The first-order valence-electron chi connectivity index (χ1n) is 8.05. The van der Waals surface area contributed by atoms with Crippen molar-refractivity contribution < 1.29 is 45.8 Å². The van der Waals surface area contributed by atoms with Gasteiger partial charge in [-0.3, -0.25) is 0 Å². The lowest BCUT2D eigenvalue weighted by Gasteiger charge is -2.15. The van der Waals surface area contributed by atoms with Crippen LogP contribution < -0.4 is 10.1 Å². The molecule has 0 amide bonds. The van der Waals surface area contributed by atoms with Gasteiger partial charge in [0.2, 0.25) is 0 Å². The second-order valence-corrected chi connectivity index (χ2v) is 5.56.